The number of rotatable bonds is 12. The Hall–Kier alpha value is -5.76. The summed E-state index contributed by atoms with van der Waals surface area (Å²) in [5.41, 5.74) is 25.0. The lowest BCUT2D eigenvalue weighted by atomic mass is 9.78. The quantitative estimate of drug-likeness (QED) is 0.0917. The predicted octanol–water partition coefficient (Wildman–Crippen LogP) is 8.95. The Balaban J connectivity index is 0.000000136. The third-order valence-electron chi connectivity index (χ3n) is 19.8. The van der Waals surface area contributed by atoms with E-state index in [1.54, 1.807) is 36.9 Å². The maximum atomic E-state index is 13.6. The Morgan fingerprint density at radius 2 is 1.00 bits per heavy atom. The molecule has 0 unspecified atom stereocenters. The van der Waals surface area contributed by atoms with Gasteiger partial charge in [-0.1, -0.05) is 0 Å². The Bertz CT molecular complexity index is 3490. The van der Waals surface area contributed by atoms with Gasteiger partial charge in [-0.3, -0.25) is 9.59 Å². The van der Waals surface area contributed by atoms with Crippen molar-refractivity contribution in [2.75, 3.05) is 27.3 Å². The molecule has 16 nitrogen and oxygen atoms in total. The van der Waals surface area contributed by atoms with Gasteiger partial charge in [0.1, 0.15) is 22.5 Å². The number of hydrogen-bond acceptors (Lipinski definition) is 12. The van der Waals surface area contributed by atoms with Crippen LogP contribution >= 0.6 is 22.7 Å². The fraction of sp³-hybridized carbons (Fsp3) is 0.533. The van der Waals surface area contributed by atoms with Crippen molar-refractivity contribution in [2.24, 2.45) is 49.2 Å². The number of imidazole rings is 2. The molecule has 0 radical (unpaired) electrons. The lowest BCUT2D eigenvalue weighted by molar-refractivity contribution is 0.0693. The minimum atomic E-state index is -0.174. The van der Waals surface area contributed by atoms with Crippen molar-refractivity contribution < 1.29 is 29.3 Å². The van der Waals surface area contributed by atoms with Crippen LogP contribution in [0, 0.1) is 23.7 Å². The number of nitrogens with two attached hydrogens (primary N) is 2. The molecule has 8 heterocycles. The first kappa shape index (κ1) is 49.3. The number of benzene rings is 2. The zero-order valence-electron chi connectivity index (χ0n) is 44.9. The molecule has 0 spiro atoms. The summed E-state index contributed by atoms with van der Waals surface area (Å²) in [6.07, 6.45) is 12.3. The maximum absolute atomic E-state index is 13.6. The molecule has 6 aliphatic carbocycles. The second-order valence-electron chi connectivity index (χ2n) is 24.6. The van der Waals surface area contributed by atoms with Crippen LogP contribution < -0.4 is 20.9 Å². The van der Waals surface area contributed by atoms with Gasteiger partial charge >= 0.3 is 0 Å². The molecule has 4 bridgehead atoms. The summed E-state index contributed by atoms with van der Waals surface area (Å²) in [4.78, 5) is 41.5. The Morgan fingerprint density at radius 3 is 1.33 bits per heavy atom. The molecule has 6 atom stereocenters. The molecule has 2 saturated heterocycles. The first-order chi connectivity index (χ1) is 37.8. The number of carbonyl (C=O) groups is 2. The molecule has 8 fully saturated rings. The molecule has 18 heteroatoms. The van der Waals surface area contributed by atoms with Gasteiger partial charge in [-0.2, -0.15) is 0 Å². The van der Waals surface area contributed by atoms with Crippen LogP contribution in [-0.2, 0) is 27.2 Å². The monoisotopic (exact) mass is 1090 g/mol. The van der Waals surface area contributed by atoms with E-state index in [9.17, 15) is 19.8 Å². The van der Waals surface area contributed by atoms with Gasteiger partial charge in [0.2, 0.25) is 0 Å². The number of carbonyl (C=O) groups excluding carboxylic acids is 2. The molecular formula is C60H70N10O6S2. The summed E-state index contributed by atoms with van der Waals surface area (Å²) in [5, 5.41) is 24.5. The predicted molar refractivity (Wildman–Crippen MR) is 305 cm³/mol. The molecule has 6 saturated carbocycles. The highest BCUT2D eigenvalue weighted by Crippen LogP contribution is 2.49. The number of hydrogen-bond donors (Lipinski definition) is 4. The highest BCUT2D eigenvalue weighted by Gasteiger charge is 2.48. The van der Waals surface area contributed by atoms with Crippen LogP contribution in [-0.4, -0.2) is 124 Å². The van der Waals surface area contributed by atoms with E-state index in [0.717, 1.165) is 123 Å². The largest absolute Gasteiger partial charge is 0.494 e. The molecule has 8 aliphatic rings. The second kappa shape index (κ2) is 18.4. The number of aliphatic hydroxyl groups is 2. The summed E-state index contributed by atoms with van der Waals surface area (Å²) >= 11 is 3.58. The molecular weight excluding hydrogens is 1020 g/mol. The fourth-order valence-electron chi connectivity index (χ4n) is 14.9. The Kier molecular flexibility index (Phi) is 11.6. The average Bonchev–Trinajstić information content (AvgIpc) is 3.77. The van der Waals surface area contributed by atoms with Gasteiger partial charge in [0.05, 0.1) is 69.3 Å². The summed E-state index contributed by atoms with van der Waals surface area (Å²) in [7, 11) is 7.40. The maximum Gasteiger partial charge on any atom is 0.254 e. The number of amides is 2. The van der Waals surface area contributed by atoms with Crippen molar-refractivity contribution in [2.45, 2.75) is 138 Å². The summed E-state index contributed by atoms with van der Waals surface area (Å²) in [6.45, 7) is 3.45. The molecule has 6 N–H and O–H groups in total. The molecule has 16 rings (SSSR count). The van der Waals surface area contributed by atoms with E-state index in [0.29, 0.717) is 58.1 Å². The van der Waals surface area contributed by atoms with E-state index < -0.39 is 0 Å². The molecule has 2 amide bonds. The van der Waals surface area contributed by atoms with Gasteiger partial charge < -0.3 is 59.2 Å². The SMILES string of the molecule is COc1cc(C(=O)N2C[C@H]3CC[C@@H]2[C@@H]3N)cc2nc(-c3cc4scc(C5CC(O)C5)c4n3CC3CC3)n(C)c12.COc1cc(C(=O)N2C[C@H]3CC[C@@H]2[C@@H]3N)cc2nc(-c3cc4scc(C5CC(O)C5)c4n3CC3CC3)n(C)c12. The highest BCUT2D eigenvalue weighted by molar-refractivity contribution is 7.17. The minimum Gasteiger partial charge on any atom is -0.494 e. The molecule has 2 aliphatic heterocycles. The number of thiophene rings is 2. The Morgan fingerprint density at radius 1 is 0.590 bits per heavy atom. The van der Waals surface area contributed by atoms with Gasteiger partial charge in [0.15, 0.2) is 11.6 Å². The number of methoxy groups -OCH3 is 2. The number of aryl methyl sites for hydroxylation is 2. The van der Waals surface area contributed by atoms with E-state index in [-0.39, 0.29) is 48.2 Å². The van der Waals surface area contributed by atoms with Gasteiger partial charge in [-0.15, -0.1) is 22.7 Å². The smallest absolute Gasteiger partial charge is 0.254 e. The summed E-state index contributed by atoms with van der Waals surface area (Å²) in [6, 6.07) is 12.6. The number of aromatic nitrogens is 6. The lowest BCUT2D eigenvalue weighted by Gasteiger charge is -2.31. The van der Waals surface area contributed by atoms with Crippen LogP contribution in [0.25, 0.3) is 65.5 Å². The summed E-state index contributed by atoms with van der Waals surface area (Å²) in [5.74, 6) is 6.23. The van der Waals surface area contributed by atoms with Crippen molar-refractivity contribution >= 4 is 77.0 Å². The van der Waals surface area contributed by atoms with Crippen LogP contribution in [0.5, 0.6) is 11.5 Å². The van der Waals surface area contributed by atoms with Crippen LogP contribution in [0.4, 0.5) is 0 Å². The van der Waals surface area contributed by atoms with Crippen LogP contribution in [0.2, 0.25) is 0 Å². The van der Waals surface area contributed by atoms with Crippen LogP contribution in [0.1, 0.15) is 121 Å². The van der Waals surface area contributed by atoms with Gasteiger partial charge in [0, 0.05) is 75.6 Å². The van der Waals surface area contributed by atoms with Crippen molar-refractivity contribution in [3.63, 3.8) is 0 Å². The van der Waals surface area contributed by atoms with Crippen molar-refractivity contribution in [3.8, 4) is 34.5 Å². The van der Waals surface area contributed by atoms with E-state index in [4.69, 9.17) is 30.9 Å². The third kappa shape index (κ3) is 7.77. The van der Waals surface area contributed by atoms with Gasteiger partial charge in [0.25, 0.3) is 11.8 Å². The number of fused-ring (bicyclic) bond motifs is 8. The third-order valence-corrected chi connectivity index (χ3v) is 21.6. The molecule has 2 aromatic carbocycles. The zero-order chi connectivity index (χ0) is 53.2. The van der Waals surface area contributed by atoms with E-state index in [1.807, 2.05) is 48.2 Å². The van der Waals surface area contributed by atoms with E-state index >= 15 is 0 Å². The topological polar surface area (TPSA) is 197 Å². The highest BCUT2D eigenvalue weighted by atomic mass is 32.1. The molecule has 78 heavy (non-hydrogen) atoms. The van der Waals surface area contributed by atoms with Crippen molar-refractivity contribution in [3.05, 3.63) is 69.4 Å². The number of aliphatic hydroxyl groups excluding tert-OH is 2. The van der Waals surface area contributed by atoms with Crippen molar-refractivity contribution in [1.82, 2.24) is 38.0 Å². The number of piperidine rings is 2. The van der Waals surface area contributed by atoms with Crippen LogP contribution in [0.15, 0.2) is 47.2 Å². The molecule has 408 valence electrons. The Labute approximate surface area is 460 Å². The normalized spacial score (nSPS) is 28.1. The standard InChI is InChI=1S/2C30H35N5O3S/c2*1-33-28-21(9-18(10-24(28)38-2)30(37)35-13-16-5-6-22(35)26(16)31)32-29(33)23-11-25-27(34(23)12-15-3-4-15)20(14-39-25)17-7-19(36)8-17/h2*9-11,14-17,19,22,26,36H,3-8,12-13,31H2,1-2H3/t2*16-,17?,19?,22-,26-/m11/s1. The number of ether oxygens (including phenoxy) is 2. The zero-order valence-corrected chi connectivity index (χ0v) is 46.6. The lowest BCUT2D eigenvalue weighted by Crippen LogP contribution is -2.41. The second-order valence-corrected chi connectivity index (χ2v) is 26.4. The molecule has 6 aromatic heterocycles. The minimum absolute atomic E-state index is 0.0232. The molecule has 8 aromatic rings. The van der Waals surface area contributed by atoms with Gasteiger partial charge in [-0.05, 0) is 171 Å². The van der Waals surface area contributed by atoms with Crippen molar-refractivity contribution in [1.29, 1.82) is 0 Å². The van der Waals surface area contributed by atoms with Gasteiger partial charge in [-0.25, -0.2) is 9.97 Å². The number of likely N-dealkylation sites (tertiary alicyclic amines) is 2. The number of nitrogens with zero attached hydrogens (tertiary/aromatic N) is 8. The average molecular weight is 1090 g/mol. The summed E-state index contributed by atoms with van der Waals surface area (Å²) < 4.78 is 23.4. The first-order valence-electron chi connectivity index (χ1n) is 28.6. The van der Waals surface area contributed by atoms with E-state index in [2.05, 4.69) is 41.2 Å². The fourth-order valence-corrected chi connectivity index (χ4v) is 17.0. The van der Waals surface area contributed by atoms with Crippen LogP contribution in [0.3, 0.4) is 0 Å². The first-order valence-corrected chi connectivity index (χ1v) is 30.4. The van der Waals surface area contributed by atoms with E-state index in [1.165, 1.54) is 57.2 Å².